The maximum atomic E-state index is 5.63. The fourth-order valence-electron chi connectivity index (χ4n) is 2.45. The van der Waals surface area contributed by atoms with Crippen molar-refractivity contribution in [1.29, 1.82) is 0 Å². The molecule has 2 aliphatic rings. The minimum atomic E-state index is 0.630. The third-order valence-corrected chi connectivity index (χ3v) is 3.33. The standard InChI is InChI=1S/C10H16N4/c11-6-5-7-1-4-9-10(7)14(13-12-9)8-2-3-8/h7-8H,1-6,11H2. The van der Waals surface area contributed by atoms with Crippen LogP contribution in [0.3, 0.4) is 0 Å². The summed E-state index contributed by atoms with van der Waals surface area (Å²) in [6, 6.07) is 0.657. The Bertz CT molecular complexity index is 340. The van der Waals surface area contributed by atoms with Gasteiger partial charge in [0, 0.05) is 5.92 Å². The number of rotatable bonds is 3. The second kappa shape index (κ2) is 3.05. The van der Waals surface area contributed by atoms with Crippen LogP contribution in [0.2, 0.25) is 0 Å². The maximum Gasteiger partial charge on any atom is 0.0862 e. The molecule has 1 aromatic rings. The van der Waals surface area contributed by atoms with Crippen LogP contribution in [0.25, 0.3) is 0 Å². The zero-order valence-corrected chi connectivity index (χ0v) is 8.32. The topological polar surface area (TPSA) is 56.7 Å². The van der Waals surface area contributed by atoms with Crippen molar-refractivity contribution in [2.45, 2.75) is 44.1 Å². The van der Waals surface area contributed by atoms with Gasteiger partial charge >= 0.3 is 0 Å². The van der Waals surface area contributed by atoms with Gasteiger partial charge in [0.2, 0.25) is 0 Å². The van der Waals surface area contributed by atoms with Gasteiger partial charge in [-0.05, 0) is 38.6 Å². The van der Waals surface area contributed by atoms with Crippen LogP contribution in [0, 0.1) is 0 Å². The average Bonchev–Trinajstić information content (AvgIpc) is 2.81. The minimum Gasteiger partial charge on any atom is -0.330 e. The molecule has 3 rings (SSSR count). The molecule has 1 fully saturated rings. The molecule has 0 radical (unpaired) electrons. The van der Waals surface area contributed by atoms with Gasteiger partial charge in [0.15, 0.2) is 0 Å². The van der Waals surface area contributed by atoms with Crippen LogP contribution in [-0.4, -0.2) is 21.5 Å². The quantitative estimate of drug-likeness (QED) is 0.777. The van der Waals surface area contributed by atoms with Crippen LogP contribution in [0.1, 0.15) is 49.0 Å². The molecule has 1 aromatic heterocycles. The van der Waals surface area contributed by atoms with Crippen molar-refractivity contribution in [2.24, 2.45) is 5.73 Å². The Morgan fingerprint density at radius 3 is 2.93 bits per heavy atom. The normalized spacial score (nSPS) is 25.4. The highest BCUT2D eigenvalue weighted by atomic mass is 15.5. The zero-order valence-electron chi connectivity index (χ0n) is 8.32. The Kier molecular flexibility index (Phi) is 1.83. The van der Waals surface area contributed by atoms with Gasteiger partial charge in [-0.3, -0.25) is 0 Å². The lowest BCUT2D eigenvalue weighted by Gasteiger charge is -2.11. The molecule has 0 spiro atoms. The van der Waals surface area contributed by atoms with E-state index in [-0.39, 0.29) is 0 Å². The second-order valence-corrected chi connectivity index (χ2v) is 4.41. The van der Waals surface area contributed by atoms with Crippen LogP contribution in [0.4, 0.5) is 0 Å². The van der Waals surface area contributed by atoms with Gasteiger partial charge in [-0.25, -0.2) is 4.68 Å². The van der Waals surface area contributed by atoms with Crippen molar-refractivity contribution < 1.29 is 0 Å². The van der Waals surface area contributed by atoms with Crippen molar-refractivity contribution >= 4 is 0 Å². The van der Waals surface area contributed by atoms with E-state index in [4.69, 9.17) is 5.73 Å². The monoisotopic (exact) mass is 192 g/mol. The largest absolute Gasteiger partial charge is 0.330 e. The molecule has 0 aromatic carbocycles. The number of aromatic nitrogens is 3. The fraction of sp³-hybridized carbons (Fsp3) is 0.800. The van der Waals surface area contributed by atoms with Gasteiger partial charge in [0.05, 0.1) is 17.4 Å². The molecule has 4 nitrogen and oxygen atoms in total. The molecule has 76 valence electrons. The van der Waals surface area contributed by atoms with Gasteiger partial charge in [-0.15, -0.1) is 5.10 Å². The highest BCUT2D eigenvalue weighted by Gasteiger charge is 2.34. The molecular weight excluding hydrogens is 176 g/mol. The third kappa shape index (κ3) is 1.17. The predicted octanol–water partition coefficient (Wildman–Crippen LogP) is 0.992. The molecule has 1 saturated carbocycles. The Labute approximate surface area is 83.5 Å². The summed E-state index contributed by atoms with van der Waals surface area (Å²) in [5, 5.41) is 8.52. The summed E-state index contributed by atoms with van der Waals surface area (Å²) in [5.41, 5.74) is 8.26. The molecule has 1 heterocycles. The highest BCUT2D eigenvalue weighted by Crippen LogP contribution is 2.41. The lowest BCUT2D eigenvalue weighted by Crippen LogP contribution is -2.10. The van der Waals surface area contributed by atoms with Crippen molar-refractivity contribution in [1.82, 2.24) is 15.0 Å². The van der Waals surface area contributed by atoms with Crippen molar-refractivity contribution in [3.05, 3.63) is 11.4 Å². The average molecular weight is 192 g/mol. The first-order chi connectivity index (χ1) is 6.90. The summed E-state index contributed by atoms with van der Waals surface area (Å²) < 4.78 is 2.17. The molecule has 0 bridgehead atoms. The summed E-state index contributed by atoms with van der Waals surface area (Å²) in [6.07, 6.45) is 5.99. The first-order valence-electron chi connectivity index (χ1n) is 5.54. The predicted molar refractivity (Wildman–Crippen MR) is 53.0 cm³/mol. The SMILES string of the molecule is NCCC1CCc2nnn(C3CC3)c21. The van der Waals surface area contributed by atoms with E-state index in [9.17, 15) is 0 Å². The molecule has 0 aliphatic heterocycles. The zero-order chi connectivity index (χ0) is 9.54. The summed E-state index contributed by atoms with van der Waals surface area (Å²) >= 11 is 0. The van der Waals surface area contributed by atoms with E-state index in [0.717, 1.165) is 19.4 Å². The van der Waals surface area contributed by atoms with E-state index in [1.54, 1.807) is 0 Å². The lowest BCUT2D eigenvalue weighted by atomic mass is 10.0. The first kappa shape index (κ1) is 8.41. The molecule has 14 heavy (non-hydrogen) atoms. The van der Waals surface area contributed by atoms with E-state index in [1.165, 1.54) is 30.7 Å². The van der Waals surface area contributed by atoms with E-state index >= 15 is 0 Å². The summed E-state index contributed by atoms with van der Waals surface area (Å²) in [7, 11) is 0. The Morgan fingerprint density at radius 2 is 2.21 bits per heavy atom. The lowest BCUT2D eigenvalue weighted by molar-refractivity contribution is 0.518. The summed E-state index contributed by atoms with van der Waals surface area (Å²) in [6.45, 7) is 0.778. The number of nitrogens with zero attached hydrogens (tertiary/aromatic N) is 3. The van der Waals surface area contributed by atoms with Gasteiger partial charge < -0.3 is 5.73 Å². The Hall–Kier alpha value is -0.900. The van der Waals surface area contributed by atoms with Gasteiger partial charge in [-0.1, -0.05) is 5.21 Å². The van der Waals surface area contributed by atoms with E-state index in [0.29, 0.717) is 12.0 Å². The number of fused-ring (bicyclic) bond motifs is 1. The third-order valence-electron chi connectivity index (χ3n) is 3.33. The molecule has 4 heteroatoms. The fourth-order valence-corrected chi connectivity index (χ4v) is 2.45. The van der Waals surface area contributed by atoms with Gasteiger partial charge in [-0.2, -0.15) is 0 Å². The Balaban J connectivity index is 1.93. The first-order valence-corrected chi connectivity index (χ1v) is 5.54. The molecule has 1 atom stereocenters. The van der Waals surface area contributed by atoms with Gasteiger partial charge in [0.25, 0.3) is 0 Å². The van der Waals surface area contributed by atoms with Crippen LogP contribution in [-0.2, 0) is 6.42 Å². The molecule has 1 unspecified atom stereocenters. The van der Waals surface area contributed by atoms with E-state index < -0.39 is 0 Å². The summed E-state index contributed by atoms with van der Waals surface area (Å²) in [5.74, 6) is 0.630. The van der Waals surface area contributed by atoms with Crippen molar-refractivity contribution in [2.75, 3.05) is 6.54 Å². The molecular formula is C10H16N4. The highest BCUT2D eigenvalue weighted by molar-refractivity contribution is 5.23. The Morgan fingerprint density at radius 1 is 1.36 bits per heavy atom. The maximum absolute atomic E-state index is 5.63. The summed E-state index contributed by atoms with van der Waals surface area (Å²) in [4.78, 5) is 0. The number of aryl methyl sites for hydroxylation is 1. The molecule has 0 saturated heterocycles. The van der Waals surface area contributed by atoms with E-state index in [1.807, 2.05) is 0 Å². The van der Waals surface area contributed by atoms with Crippen LogP contribution >= 0.6 is 0 Å². The van der Waals surface area contributed by atoms with Gasteiger partial charge in [0.1, 0.15) is 0 Å². The smallest absolute Gasteiger partial charge is 0.0862 e. The molecule has 2 aliphatic carbocycles. The minimum absolute atomic E-state index is 0.630. The number of hydrogen-bond donors (Lipinski definition) is 1. The molecule has 0 amide bonds. The number of nitrogens with two attached hydrogens (primary N) is 1. The van der Waals surface area contributed by atoms with Crippen LogP contribution in [0.15, 0.2) is 0 Å². The second-order valence-electron chi connectivity index (χ2n) is 4.41. The van der Waals surface area contributed by atoms with Crippen molar-refractivity contribution in [3.8, 4) is 0 Å². The molecule has 2 N–H and O–H groups in total. The van der Waals surface area contributed by atoms with E-state index in [2.05, 4.69) is 15.0 Å². The van der Waals surface area contributed by atoms with Crippen LogP contribution in [0.5, 0.6) is 0 Å². The van der Waals surface area contributed by atoms with Crippen LogP contribution < -0.4 is 5.73 Å². The van der Waals surface area contributed by atoms with Crippen molar-refractivity contribution in [3.63, 3.8) is 0 Å². The number of hydrogen-bond acceptors (Lipinski definition) is 3.